The van der Waals surface area contributed by atoms with Gasteiger partial charge in [-0.15, -0.1) is 0 Å². The van der Waals surface area contributed by atoms with Gasteiger partial charge >= 0.3 is 12.0 Å². The largest absolute Gasteiger partial charge is 0.465 e. The number of hydrogen-bond donors (Lipinski definition) is 0. The molecule has 2 aromatic carbocycles. The first-order valence-electron chi connectivity index (χ1n) is 8.36. The molecular formula is C19H20N2O5S. The summed E-state index contributed by atoms with van der Waals surface area (Å²) in [6, 6.07) is 9.76. The number of aromatic nitrogens is 1. The molecule has 3 rings (SSSR count). The number of oxazole rings is 1. The summed E-state index contributed by atoms with van der Waals surface area (Å²) in [6.07, 6.45) is 0. The Labute approximate surface area is 157 Å². The van der Waals surface area contributed by atoms with Crippen molar-refractivity contribution in [1.82, 2.24) is 4.98 Å². The lowest BCUT2D eigenvalue weighted by molar-refractivity contribution is 0.0599. The molecule has 0 atom stereocenters. The highest BCUT2D eigenvalue weighted by atomic mass is 32.2. The molecule has 0 aliphatic carbocycles. The third-order valence-electron chi connectivity index (χ3n) is 4.23. The summed E-state index contributed by atoms with van der Waals surface area (Å²) in [5, 5.41) is 0. The molecule has 0 saturated carbocycles. The zero-order valence-electron chi connectivity index (χ0n) is 15.5. The molecule has 27 heavy (non-hydrogen) atoms. The number of esters is 1. The van der Waals surface area contributed by atoms with Crippen LogP contribution < -0.4 is 4.31 Å². The lowest BCUT2D eigenvalue weighted by Gasteiger charge is -2.19. The van der Waals surface area contributed by atoms with E-state index < -0.39 is 16.0 Å². The second-order valence-corrected chi connectivity index (χ2v) is 7.97. The second kappa shape index (κ2) is 7.03. The van der Waals surface area contributed by atoms with Crippen LogP contribution in [0.4, 0.5) is 6.01 Å². The van der Waals surface area contributed by atoms with Gasteiger partial charge in [-0.05, 0) is 56.2 Å². The quantitative estimate of drug-likeness (QED) is 0.622. The van der Waals surface area contributed by atoms with E-state index in [-0.39, 0.29) is 23.0 Å². The molecule has 142 valence electrons. The summed E-state index contributed by atoms with van der Waals surface area (Å²) in [4.78, 5) is 16.2. The SMILES string of the molecule is CCN(c1nc2cc(C)ccc2o1)S(=O)(=O)c1ccc(C)c(C(=O)OC)c1. The first kappa shape index (κ1) is 18.9. The molecular weight excluding hydrogens is 368 g/mol. The van der Waals surface area contributed by atoms with Crippen LogP contribution in [0, 0.1) is 13.8 Å². The highest BCUT2D eigenvalue weighted by Gasteiger charge is 2.29. The number of methoxy groups -OCH3 is 1. The Bertz CT molecular complexity index is 1120. The Hall–Kier alpha value is -2.87. The summed E-state index contributed by atoms with van der Waals surface area (Å²) < 4.78 is 37.8. The molecule has 0 fully saturated rings. The van der Waals surface area contributed by atoms with E-state index in [0.717, 1.165) is 9.87 Å². The van der Waals surface area contributed by atoms with E-state index in [9.17, 15) is 13.2 Å². The zero-order valence-corrected chi connectivity index (χ0v) is 16.3. The number of ether oxygens (including phenoxy) is 1. The Morgan fingerprint density at radius 3 is 2.59 bits per heavy atom. The van der Waals surface area contributed by atoms with Gasteiger partial charge in [0.2, 0.25) is 0 Å². The van der Waals surface area contributed by atoms with Crippen LogP contribution in [-0.4, -0.2) is 33.0 Å². The summed E-state index contributed by atoms with van der Waals surface area (Å²) >= 11 is 0. The Morgan fingerprint density at radius 2 is 1.93 bits per heavy atom. The number of anilines is 1. The predicted octanol–water partition coefficient (Wildman–Crippen LogP) is 3.45. The van der Waals surface area contributed by atoms with Crippen molar-refractivity contribution >= 4 is 33.1 Å². The maximum absolute atomic E-state index is 13.2. The average Bonchev–Trinajstić information content (AvgIpc) is 3.04. The van der Waals surface area contributed by atoms with Gasteiger partial charge < -0.3 is 9.15 Å². The maximum atomic E-state index is 13.2. The van der Waals surface area contributed by atoms with Crippen molar-refractivity contribution in [2.24, 2.45) is 0 Å². The molecule has 0 aliphatic heterocycles. The fourth-order valence-electron chi connectivity index (χ4n) is 2.76. The first-order valence-corrected chi connectivity index (χ1v) is 9.81. The minimum Gasteiger partial charge on any atom is -0.465 e. The number of carbonyl (C=O) groups is 1. The van der Waals surface area contributed by atoms with Crippen LogP contribution in [0.1, 0.15) is 28.4 Å². The number of hydrogen-bond acceptors (Lipinski definition) is 6. The summed E-state index contributed by atoms with van der Waals surface area (Å²) in [7, 11) is -2.72. The summed E-state index contributed by atoms with van der Waals surface area (Å²) in [6.45, 7) is 5.44. The van der Waals surface area contributed by atoms with Crippen molar-refractivity contribution in [3.63, 3.8) is 0 Å². The Morgan fingerprint density at radius 1 is 1.19 bits per heavy atom. The van der Waals surface area contributed by atoms with Gasteiger partial charge in [-0.1, -0.05) is 12.1 Å². The van der Waals surface area contributed by atoms with Crippen LogP contribution in [0.15, 0.2) is 45.7 Å². The van der Waals surface area contributed by atoms with Gasteiger partial charge in [0, 0.05) is 6.54 Å². The average molecular weight is 388 g/mol. The van der Waals surface area contributed by atoms with Crippen molar-refractivity contribution in [3.05, 3.63) is 53.1 Å². The molecule has 0 radical (unpaired) electrons. The molecule has 0 unspecified atom stereocenters. The fraction of sp³-hybridized carbons (Fsp3) is 0.263. The lowest BCUT2D eigenvalue weighted by atomic mass is 10.1. The number of rotatable bonds is 5. The third-order valence-corrected chi connectivity index (χ3v) is 6.08. The number of sulfonamides is 1. The van der Waals surface area contributed by atoms with Crippen molar-refractivity contribution in [3.8, 4) is 0 Å². The van der Waals surface area contributed by atoms with E-state index in [0.29, 0.717) is 16.7 Å². The number of fused-ring (bicyclic) bond motifs is 1. The van der Waals surface area contributed by atoms with Gasteiger partial charge in [0.25, 0.3) is 10.0 Å². The van der Waals surface area contributed by atoms with E-state index in [1.165, 1.54) is 19.2 Å². The molecule has 1 aromatic heterocycles. The number of nitrogens with zero attached hydrogens (tertiary/aromatic N) is 2. The van der Waals surface area contributed by atoms with E-state index in [1.54, 1.807) is 26.0 Å². The van der Waals surface area contributed by atoms with Gasteiger partial charge in [-0.25, -0.2) is 17.5 Å². The van der Waals surface area contributed by atoms with E-state index in [2.05, 4.69) is 4.98 Å². The fourth-order valence-corrected chi connectivity index (χ4v) is 4.14. The van der Waals surface area contributed by atoms with Crippen molar-refractivity contribution < 1.29 is 22.4 Å². The second-order valence-electron chi connectivity index (χ2n) is 6.11. The molecule has 0 saturated heterocycles. The number of carbonyl (C=O) groups excluding carboxylic acids is 1. The highest BCUT2D eigenvalue weighted by molar-refractivity contribution is 7.92. The maximum Gasteiger partial charge on any atom is 0.338 e. The standard InChI is InChI=1S/C19H20N2O5S/c1-5-21(19-20-16-10-12(2)6-9-17(16)26-19)27(23,24)14-8-7-13(3)15(11-14)18(22)25-4/h6-11H,5H2,1-4H3. The topological polar surface area (TPSA) is 89.7 Å². The molecule has 3 aromatic rings. The van der Waals surface area contributed by atoms with Crippen LogP contribution in [0.2, 0.25) is 0 Å². The molecule has 1 heterocycles. The van der Waals surface area contributed by atoms with Crippen molar-refractivity contribution in [2.75, 3.05) is 18.0 Å². The van der Waals surface area contributed by atoms with Gasteiger partial charge in [0.15, 0.2) is 5.58 Å². The van der Waals surface area contributed by atoms with Crippen molar-refractivity contribution in [1.29, 1.82) is 0 Å². The predicted molar refractivity (Wildman–Crippen MR) is 101 cm³/mol. The molecule has 8 heteroatoms. The normalized spacial score (nSPS) is 11.6. The van der Waals surface area contributed by atoms with Crippen LogP contribution in [0.25, 0.3) is 11.1 Å². The van der Waals surface area contributed by atoms with E-state index in [4.69, 9.17) is 9.15 Å². The molecule has 0 spiro atoms. The number of aryl methyl sites for hydroxylation is 2. The van der Waals surface area contributed by atoms with Crippen LogP contribution in [0.5, 0.6) is 0 Å². The van der Waals surface area contributed by atoms with Gasteiger partial charge in [0.1, 0.15) is 5.52 Å². The minimum atomic E-state index is -3.97. The molecule has 7 nitrogen and oxygen atoms in total. The smallest absolute Gasteiger partial charge is 0.338 e. The van der Waals surface area contributed by atoms with E-state index >= 15 is 0 Å². The molecule has 0 bridgehead atoms. The molecule has 0 N–H and O–H groups in total. The number of benzene rings is 2. The summed E-state index contributed by atoms with van der Waals surface area (Å²) in [5.41, 5.74) is 2.90. The summed E-state index contributed by atoms with van der Waals surface area (Å²) in [5.74, 6) is -0.593. The molecule has 0 amide bonds. The monoisotopic (exact) mass is 388 g/mol. The van der Waals surface area contributed by atoms with E-state index in [1.807, 2.05) is 19.1 Å². The van der Waals surface area contributed by atoms with Gasteiger partial charge in [-0.3, -0.25) is 0 Å². The highest BCUT2D eigenvalue weighted by Crippen LogP contribution is 2.28. The lowest BCUT2D eigenvalue weighted by Crippen LogP contribution is -2.31. The van der Waals surface area contributed by atoms with Crippen LogP contribution >= 0.6 is 0 Å². The van der Waals surface area contributed by atoms with Crippen molar-refractivity contribution in [2.45, 2.75) is 25.7 Å². The Kier molecular flexibility index (Phi) is 4.93. The zero-order chi connectivity index (χ0) is 19.8. The van der Waals surface area contributed by atoms with Gasteiger partial charge in [-0.2, -0.15) is 4.98 Å². The van der Waals surface area contributed by atoms with Crippen LogP contribution in [0.3, 0.4) is 0 Å². The van der Waals surface area contributed by atoms with Gasteiger partial charge in [0.05, 0.1) is 17.6 Å². The minimum absolute atomic E-state index is 0.0155. The third kappa shape index (κ3) is 3.40. The Balaban J connectivity index is 2.09. The first-order chi connectivity index (χ1) is 12.8. The molecule has 0 aliphatic rings. The van der Waals surface area contributed by atoms with Crippen LogP contribution in [-0.2, 0) is 14.8 Å².